The van der Waals surface area contributed by atoms with Crippen molar-refractivity contribution in [3.8, 4) is 5.75 Å². The molecule has 1 saturated heterocycles. The van der Waals surface area contributed by atoms with E-state index in [-0.39, 0.29) is 17.7 Å². The molecule has 1 fully saturated rings. The lowest BCUT2D eigenvalue weighted by Crippen LogP contribution is -2.50. The largest absolute Gasteiger partial charge is 0.489 e. The second-order valence-electron chi connectivity index (χ2n) is 8.89. The monoisotopic (exact) mass is 491 g/mol. The number of rotatable bonds is 7. The third kappa shape index (κ3) is 6.34. The van der Waals surface area contributed by atoms with Gasteiger partial charge in [-0.15, -0.1) is 0 Å². The standard InChI is InChI=1S/C28H30ClN3O3/c1-20(2)28(34)32-16-14-31(15-17-32)26-13-10-23(18-25(26)29)30-27(33)22-8-11-24(12-9-22)35-19-21-6-4-3-5-7-21/h3-13,18,20H,14-17,19H2,1-2H3,(H,30,33). The number of carbonyl (C=O) groups excluding carboxylic acids is 2. The molecule has 7 heteroatoms. The average molecular weight is 492 g/mol. The van der Waals surface area contributed by atoms with E-state index in [4.69, 9.17) is 16.3 Å². The van der Waals surface area contributed by atoms with E-state index in [0.29, 0.717) is 41.7 Å². The van der Waals surface area contributed by atoms with Crippen LogP contribution < -0.4 is 15.0 Å². The molecule has 0 bridgehead atoms. The summed E-state index contributed by atoms with van der Waals surface area (Å²) in [6.07, 6.45) is 0. The topological polar surface area (TPSA) is 61.9 Å². The van der Waals surface area contributed by atoms with Crippen LogP contribution in [0.2, 0.25) is 5.02 Å². The predicted molar refractivity (Wildman–Crippen MR) is 140 cm³/mol. The molecule has 0 radical (unpaired) electrons. The molecule has 0 atom stereocenters. The molecule has 6 nitrogen and oxygen atoms in total. The summed E-state index contributed by atoms with van der Waals surface area (Å²) in [4.78, 5) is 29.0. The summed E-state index contributed by atoms with van der Waals surface area (Å²) in [6, 6.07) is 22.5. The number of ether oxygens (including phenoxy) is 1. The number of carbonyl (C=O) groups is 2. The van der Waals surface area contributed by atoms with Gasteiger partial charge < -0.3 is 19.9 Å². The summed E-state index contributed by atoms with van der Waals surface area (Å²) in [5.41, 5.74) is 3.15. The van der Waals surface area contributed by atoms with Crippen molar-refractivity contribution in [2.75, 3.05) is 36.4 Å². The molecule has 35 heavy (non-hydrogen) atoms. The fraction of sp³-hybridized carbons (Fsp3) is 0.286. The minimum atomic E-state index is -0.218. The quantitative estimate of drug-likeness (QED) is 0.475. The molecule has 182 valence electrons. The molecule has 1 heterocycles. The van der Waals surface area contributed by atoms with E-state index < -0.39 is 0 Å². The van der Waals surface area contributed by atoms with Gasteiger partial charge in [-0.25, -0.2) is 0 Å². The van der Waals surface area contributed by atoms with Gasteiger partial charge >= 0.3 is 0 Å². The molecule has 0 unspecified atom stereocenters. The molecule has 1 aliphatic heterocycles. The Labute approximate surface area is 211 Å². The highest BCUT2D eigenvalue weighted by atomic mass is 35.5. The number of piperazine rings is 1. The molecule has 1 aliphatic rings. The molecule has 2 amide bonds. The first-order valence-electron chi connectivity index (χ1n) is 11.8. The van der Waals surface area contributed by atoms with Crippen LogP contribution in [0.5, 0.6) is 5.75 Å². The van der Waals surface area contributed by atoms with Gasteiger partial charge in [-0.05, 0) is 48.0 Å². The molecule has 3 aromatic rings. The average Bonchev–Trinajstić information content (AvgIpc) is 2.88. The number of amides is 2. The Hall–Kier alpha value is -3.51. The summed E-state index contributed by atoms with van der Waals surface area (Å²) in [7, 11) is 0. The smallest absolute Gasteiger partial charge is 0.255 e. The molecule has 0 aromatic heterocycles. The van der Waals surface area contributed by atoms with E-state index in [1.54, 1.807) is 30.3 Å². The zero-order valence-electron chi connectivity index (χ0n) is 20.0. The minimum absolute atomic E-state index is 0.00560. The number of hydrogen-bond acceptors (Lipinski definition) is 4. The number of hydrogen-bond donors (Lipinski definition) is 1. The first kappa shape index (κ1) is 24.6. The van der Waals surface area contributed by atoms with E-state index in [9.17, 15) is 9.59 Å². The third-order valence-electron chi connectivity index (χ3n) is 6.00. The zero-order valence-corrected chi connectivity index (χ0v) is 20.8. The maximum Gasteiger partial charge on any atom is 0.255 e. The van der Waals surface area contributed by atoms with E-state index in [1.165, 1.54) is 0 Å². The first-order valence-corrected chi connectivity index (χ1v) is 12.2. The van der Waals surface area contributed by atoms with Crippen molar-refractivity contribution in [1.29, 1.82) is 0 Å². The van der Waals surface area contributed by atoms with Gasteiger partial charge in [0.1, 0.15) is 12.4 Å². The Kier molecular flexibility index (Phi) is 7.93. The van der Waals surface area contributed by atoms with Crippen LogP contribution in [0.3, 0.4) is 0 Å². The van der Waals surface area contributed by atoms with Crippen molar-refractivity contribution in [3.05, 3.63) is 88.9 Å². The van der Waals surface area contributed by atoms with Gasteiger partial charge in [0.25, 0.3) is 5.91 Å². The van der Waals surface area contributed by atoms with Crippen molar-refractivity contribution in [2.45, 2.75) is 20.5 Å². The highest BCUT2D eigenvalue weighted by molar-refractivity contribution is 6.33. The lowest BCUT2D eigenvalue weighted by Gasteiger charge is -2.37. The normalized spacial score (nSPS) is 13.6. The molecule has 0 saturated carbocycles. The van der Waals surface area contributed by atoms with Crippen LogP contribution in [-0.2, 0) is 11.4 Å². The fourth-order valence-corrected chi connectivity index (χ4v) is 4.32. The number of nitrogens with zero attached hydrogens (tertiary/aromatic N) is 2. The fourth-order valence-electron chi connectivity index (χ4n) is 4.02. The lowest BCUT2D eigenvalue weighted by molar-refractivity contribution is -0.134. The Balaban J connectivity index is 1.32. The van der Waals surface area contributed by atoms with Crippen molar-refractivity contribution >= 4 is 34.8 Å². The van der Waals surface area contributed by atoms with E-state index in [1.807, 2.05) is 61.2 Å². The van der Waals surface area contributed by atoms with Crippen molar-refractivity contribution < 1.29 is 14.3 Å². The van der Waals surface area contributed by atoms with E-state index in [0.717, 1.165) is 24.3 Å². The molecule has 4 rings (SSSR count). The Morgan fingerprint density at radius 2 is 1.63 bits per heavy atom. The lowest BCUT2D eigenvalue weighted by atomic mass is 10.1. The maximum atomic E-state index is 12.7. The second kappa shape index (κ2) is 11.3. The molecule has 3 aromatic carbocycles. The van der Waals surface area contributed by atoms with Gasteiger partial charge in [-0.3, -0.25) is 9.59 Å². The SMILES string of the molecule is CC(C)C(=O)N1CCN(c2ccc(NC(=O)c3ccc(OCc4ccccc4)cc3)cc2Cl)CC1. The Bertz CT molecular complexity index is 1160. The number of benzene rings is 3. The number of anilines is 2. The minimum Gasteiger partial charge on any atom is -0.489 e. The van der Waals surface area contributed by atoms with E-state index in [2.05, 4.69) is 10.2 Å². The van der Waals surface area contributed by atoms with Crippen LogP contribution in [0.4, 0.5) is 11.4 Å². The van der Waals surface area contributed by atoms with Crippen molar-refractivity contribution in [3.63, 3.8) is 0 Å². The third-order valence-corrected chi connectivity index (χ3v) is 6.30. The van der Waals surface area contributed by atoms with Crippen molar-refractivity contribution in [1.82, 2.24) is 4.90 Å². The van der Waals surface area contributed by atoms with Crippen molar-refractivity contribution in [2.24, 2.45) is 5.92 Å². The summed E-state index contributed by atoms with van der Waals surface area (Å²) in [5, 5.41) is 3.47. The molecule has 0 spiro atoms. The van der Waals surface area contributed by atoms with Crippen LogP contribution >= 0.6 is 11.6 Å². The number of halogens is 1. The summed E-state index contributed by atoms with van der Waals surface area (Å²) >= 11 is 6.56. The molecule has 0 aliphatic carbocycles. The Morgan fingerprint density at radius 1 is 0.943 bits per heavy atom. The van der Waals surface area contributed by atoms with Gasteiger partial charge in [0.15, 0.2) is 0 Å². The number of nitrogens with one attached hydrogen (secondary N) is 1. The van der Waals surface area contributed by atoms with Gasteiger partial charge in [0.2, 0.25) is 5.91 Å². The highest BCUT2D eigenvalue weighted by Gasteiger charge is 2.24. The highest BCUT2D eigenvalue weighted by Crippen LogP contribution is 2.30. The first-order chi connectivity index (χ1) is 16.9. The molecule has 1 N–H and O–H groups in total. The van der Waals surface area contributed by atoms with Crippen LogP contribution in [0.1, 0.15) is 29.8 Å². The van der Waals surface area contributed by atoms with Gasteiger partial charge in [0, 0.05) is 43.3 Å². The summed E-state index contributed by atoms with van der Waals surface area (Å²) in [6.45, 7) is 7.12. The summed E-state index contributed by atoms with van der Waals surface area (Å²) < 4.78 is 5.79. The Morgan fingerprint density at radius 3 is 2.26 bits per heavy atom. The zero-order chi connectivity index (χ0) is 24.8. The van der Waals surface area contributed by atoms with Gasteiger partial charge in [0.05, 0.1) is 10.7 Å². The van der Waals surface area contributed by atoms with Crippen LogP contribution in [0.25, 0.3) is 0 Å². The summed E-state index contributed by atoms with van der Waals surface area (Å²) in [5.74, 6) is 0.674. The second-order valence-corrected chi connectivity index (χ2v) is 9.29. The maximum absolute atomic E-state index is 12.7. The van der Waals surface area contributed by atoms with Gasteiger partial charge in [-0.1, -0.05) is 55.8 Å². The molecular formula is C28H30ClN3O3. The van der Waals surface area contributed by atoms with E-state index >= 15 is 0 Å². The molecular weight excluding hydrogens is 462 g/mol. The van der Waals surface area contributed by atoms with Crippen LogP contribution in [0, 0.1) is 5.92 Å². The van der Waals surface area contributed by atoms with Gasteiger partial charge in [-0.2, -0.15) is 0 Å². The van der Waals surface area contributed by atoms with Crippen LogP contribution in [0.15, 0.2) is 72.8 Å². The predicted octanol–water partition coefficient (Wildman–Crippen LogP) is 5.48. The van der Waals surface area contributed by atoms with Crippen LogP contribution in [-0.4, -0.2) is 42.9 Å².